The van der Waals surface area contributed by atoms with Gasteiger partial charge in [-0.3, -0.25) is 0 Å². The largest absolute Gasteiger partial charge is 0.434 e. The van der Waals surface area contributed by atoms with Gasteiger partial charge in [0.05, 0.1) is 0 Å². The van der Waals surface area contributed by atoms with Gasteiger partial charge in [-0.25, -0.2) is 4.98 Å². The summed E-state index contributed by atoms with van der Waals surface area (Å²) in [6.45, 7) is 8.78. The lowest BCUT2D eigenvalue weighted by Crippen LogP contribution is -2.15. The van der Waals surface area contributed by atoms with Crippen molar-refractivity contribution in [3.8, 4) is 33.7 Å². The molecule has 0 saturated heterocycles. The second-order valence-corrected chi connectivity index (χ2v) is 9.31. The van der Waals surface area contributed by atoms with Gasteiger partial charge in [-0.1, -0.05) is 61.9 Å². The second kappa shape index (κ2) is 6.64. The minimum Gasteiger partial charge on any atom is -0.434 e. The molecule has 0 bridgehead atoms. The van der Waals surface area contributed by atoms with Crippen LogP contribution in [0.25, 0.3) is 44.9 Å². The quantitative estimate of drug-likeness (QED) is 0.299. The Labute approximate surface area is 187 Å². The molecular formula is C29H24N2O. The Balaban J connectivity index is 1.37. The average molecular weight is 417 g/mol. The highest BCUT2D eigenvalue weighted by atomic mass is 16.3. The summed E-state index contributed by atoms with van der Waals surface area (Å²) >= 11 is 0. The number of rotatable bonds is 2. The Morgan fingerprint density at radius 1 is 0.656 bits per heavy atom. The van der Waals surface area contributed by atoms with Crippen molar-refractivity contribution in [2.24, 2.45) is 0 Å². The molecule has 0 amide bonds. The van der Waals surface area contributed by atoms with Gasteiger partial charge in [-0.15, -0.1) is 0 Å². The SMILES string of the molecule is Cc1ccc2c(c1)C(C)(C)c1cc(-c3ccc(-c4nc5nc(C)ccc5o4)cc3)ccc1-2. The molecule has 32 heavy (non-hydrogen) atoms. The van der Waals surface area contributed by atoms with Gasteiger partial charge in [0.2, 0.25) is 5.89 Å². The number of benzene rings is 3. The predicted octanol–water partition coefficient (Wildman–Crippen LogP) is 7.48. The highest BCUT2D eigenvalue weighted by molar-refractivity contribution is 5.84. The van der Waals surface area contributed by atoms with Crippen LogP contribution in [0.4, 0.5) is 0 Å². The van der Waals surface area contributed by atoms with Gasteiger partial charge in [-0.2, -0.15) is 4.98 Å². The molecule has 0 atom stereocenters. The zero-order valence-electron chi connectivity index (χ0n) is 18.7. The molecule has 156 valence electrons. The Kier molecular flexibility index (Phi) is 3.94. The van der Waals surface area contributed by atoms with Crippen LogP contribution in [0.2, 0.25) is 0 Å². The van der Waals surface area contributed by atoms with Gasteiger partial charge in [-0.05, 0) is 77.6 Å². The summed E-state index contributed by atoms with van der Waals surface area (Å²) in [5.74, 6) is 0.602. The Morgan fingerprint density at radius 2 is 1.31 bits per heavy atom. The van der Waals surface area contributed by atoms with Gasteiger partial charge < -0.3 is 4.42 Å². The maximum absolute atomic E-state index is 5.91. The Hall–Kier alpha value is -3.72. The van der Waals surface area contributed by atoms with Crippen LogP contribution in [0.1, 0.15) is 36.2 Å². The summed E-state index contributed by atoms with van der Waals surface area (Å²) in [4.78, 5) is 9.02. The minimum absolute atomic E-state index is 0.00400. The first-order valence-corrected chi connectivity index (χ1v) is 11.0. The van der Waals surface area contributed by atoms with E-state index < -0.39 is 0 Å². The second-order valence-electron chi connectivity index (χ2n) is 9.31. The number of nitrogens with zero attached hydrogens (tertiary/aromatic N) is 2. The smallest absolute Gasteiger partial charge is 0.228 e. The van der Waals surface area contributed by atoms with Crippen LogP contribution in [-0.2, 0) is 5.41 Å². The molecule has 5 aromatic rings. The van der Waals surface area contributed by atoms with E-state index in [-0.39, 0.29) is 5.41 Å². The highest BCUT2D eigenvalue weighted by Gasteiger charge is 2.35. The molecule has 6 rings (SSSR count). The molecule has 3 aromatic carbocycles. The number of oxazole rings is 1. The van der Waals surface area contributed by atoms with E-state index in [9.17, 15) is 0 Å². The highest BCUT2D eigenvalue weighted by Crippen LogP contribution is 2.49. The third kappa shape index (κ3) is 2.81. The third-order valence-electron chi connectivity index (χ3n) is 6.69. The molecule has 0 aliphatic heterocycles. The van der Waals surface area contributed by atoms with Gasteiger partial charge in [0.25, 0.3) is 0 Å². The first kappa shape index (κ1) is 19.0. The Bertz CT molecular complexity index is 1510. The molecule has 0 fully saturated rings. The van der Waals surface area contributed by atoms with E-state index in [1.54, 1.807) is 0 Å². The van der Waals surface area contributed by atoms with Crippen molar-refractivity contribution in [1.29, 1.82) is 0 Å². The molecule has 3 heteroatoms. The van der Waals surface area contributed by atoms with Gasteiger partial charge >= 0.3 is 0 Å². The number of aryl methyl sites for hydroxylation is 2. The van der Waals surface area contributed by atoms with Crippen molar-refractivity contribution >= 4 is 11.2 Å². The van der Waals surface area contributed by atoms with Crippen LogP contribution in [-0.4, -0.2) is 9.97 Å². The standard InChI is InChI=1S/C29H24N2O/c1-17-5-12-22-23-13-11-21(16-25(23)29(3,4)24(22)15-17)19-7-9-20(10-8-19)28-31-27-26(32-28)14-6-18(2)30-27/h5-16H,1-4H3. The number of pyridine rings is 1. The number of aromatic nitrogens is 2. The summed E-state index contributed by atoms with van der Waals surface area (Å²) in [6, 6.07) is 26.0. The average Bonchev–Trinajstić information content (AvgIpc) is 3.30. The van der Waals surface area contributed by atoms with Crippen LogP contribution in [0, 0.1) is 13.8 Å². The Morgan fingerprint density at radius 3 is 2.09 bits per heavy atom. The molecule has 0 radical (unpaired) electrons. The lowest BCUT2D eigenvalue weighted by atomic mass is 9.81. The number of hydrogen-bond donors (Lipinski definition) is 0. The first-order chi connectivity index (χ1) is 15.4. The third-order valence-corrected chi connectivity index (χ3v) is 6.69. The monoisotopic (exact) mass is 416 g/mol. The molecule has 2 aromatic heterocycles. The van der Waals surface area contributed by atoms with Crippen LogP contribution < -0.4 is 0 Å². The van der Waals surface area contributed by atoms with E-state index in [4.69, 9.17) is 4.42 Å². The van der Waals surface area contributed by atoms with Gasteiger partial charge in [0, 0.05) is 16.7 Å². The van der Waals surface area contributed by atoms with E-state index in [1.807, 2.05) is 19.1 Å². The fourth-order valence-electron chi connectivity index (χ4n) is 4.87. The molecule has 0 spiro atoms. The maximum atomic E-state index is 5.91. The van der Waals surface area contributed by atoms with Crippen LogP contribution in [0.3, 0.4) is 0 Å². The van der Waals surface area contributed by atoms with Crippen molar-refractivity contribution in [1.82, 2.24) is 9.97 Å². The van der Waals surface area contributed by atoms with Crippen molar-refractivity contribution in [2.45, 2.75) is 33.1 Å². The summed E-state index contributed by atoms with van der Waals surface area (Å²) in [5.41, 5.74) is 12.5. The molecule has 2 heterocycles. The normalized spacial score (nSPS) is 13.9. The lowest BCUT2D eigenvalue weighted by molar-refractivity contribution is 0.619. The molecule has 0 saturated carbocycles. The van der Waals surface area contributed by atoms with E-state index in [2.05, 4.69) is 91.4 Å². The van der Waals surface area contributed by atoms with E-state index in [0.717, 1.165) is 11.3 Å². The van der Waals surface area contributed by atoms with E-state index in [0.29, 0.717) is 17.1 Å². The van der Waals surface area contributed by atoms with Crippen molar-refractivity contribution < 1.29 is 4.42 Å². The fraction of sp³-hybridized carbons (Fsp3) is 0.172. The topological polar surface area (TPSA) is 38.9 Å². The summed E-state index contributed by atoms with van der Waals surface area (Å²) in [7, 11) is 0. The van der Waals surface area contributed by atoms with Crippen LogP contribution in [0.15, 0.2) is 77.2 Å². The zero-order valence-corrected chi connectivity index (χ0v) is 18.7. The number of hydrogen-bond acceptors (Lipinski definition) is 3. The minimum atomic E-state index is -0.00400. The van der Waals surface area contributed by atoms with Crippen molar-refractivity contribution in [2.75, 3.05) is 0 Å². The molecule has 3 nitrogen and oxygen atoms in total. The number of fused-ring (bicyclic) bond motifs is 4. The molecule has 1 aliphatic rings. The lowest BCUT2D eigenvalue weighted by Gasteiger charge is -2.22. The van der Waals surface area contributed by atoms with E-state index in [1.165, 1.54) is 38.9 Å². The summed E-state index contributed by atoms with van der Waals surface area (Å²) < 4.78 is 5.91. The maximum Gasteiger partial charge on any atom is 0.228 e. The van der Waals surface area contributed by atoms with Crippen LogP contribution >= 0.6 is 0 Å². The first-order valence-electron chi connectivity index (χ1n) is 11.0. The van der Waals surface area contributed by atoms with Gasteiger partial charge in [0.1, 0.15) is 0 Å². The fourth-order valence-corrected chi connectivity index (χ4v) is 4.87. The molecule has 1 aliphatic carbocycles. The van der Waals surface area contributed by atoms with Crippen LogP contribution in [0.5, 0.6) is 0 Å². The zero-order chi connectivity index (χ0) is 22.0. The molecule has 0 N–H and O–H groups in total. The van der Waals surface area contributed by atoms with E-state index >= 15 is 0 Å². The molecular weight excluding hydrogens is 392 g/mol. The van der Waals surface area contributed by atoms with Crippen molar-refractivity contribution in [3.05, 3.63) is 95.2 Å². The summed E-state index contributed by atoms with van der Waals surface area (Å²) in [5, 5.41) is 0. The summed E-state index contributed by atoms with van der Waals surface area (Å²) in [6.07, 6.45) is 0. The van der Waals surface area contributed by atoms with Crippen molar-refractivity contribution in [3.63, 3.8) is 0 Å². The van der Waals surface area contributed by atoms with Gasteiger partial charge in [0.15, 0.2) is 11.2 Å². The molecule has 0 unspecified atom stereocenters. The predicted molar refractivity (Wildman–Crippen MR) is 130 cm³/mol.